The third kappa shape index (κ3) is 3.77. The average Bonchev–Trinajstić information content (AvgIpc) is 2.72. The quantitative estimate of drug-likeness (QED) is 0.692. The van der Waals surface area contributed by atoms with E-state index in [9.17, 15) is 22.8 Å². The molecule has 1 fully saturated rings. The van der Waals surface area contributed by atoms with Gasteiger partial charge in [-0.3, -0.25) is 14.6 Å². The molecule has 1 N–H and O–H groups in total. The minimum atomic E-state index is -4.74. The topological polar surface area (TPSA) is 91.8 Å². The zero-order chi connectivity index (χ0) is 21.5. The summed E-state index contributed by atoms with van der Waals surface area (Å²) in [5.41, 5.74) is -1.73. The number of pyridine rings is 2. The van der Waals surface area contributed by atoms with E-state index >= 15 is 0 Å². The number of aryl methyl sites for hydroxylation is 1. The van der Waals surface area contributed by atoms with Crippen molar-refractivity contribution in [2.75, 3.05) is 13.1 Å². The van der Waals surface area contributed by atoms with Crippen LogP contribution in [0.2, 0.25) is 0 Å². The van der Waals surface area contributed by atoms with E-state index in [1.807, 2.05) is 0 Å². The van der Waals surface area contributed by atoms with Gasteiger partial charge in [-0.25, -0.2) is 9.97 Å². The summed E-state index contributed by atoms with van der Waals surface area (Å²) < 4.78 is 41.1. The van der Waals surface area contributed by atoms with E-state index in [-0.39, 0.29) is 35.3 Å². The highest BCUT2D eigenvalue weighted by molar-refractivity contribution is 5.92. The maximum absolute atomic E-state index is 13.7. The summed E-state index contributed by atoms with van der Waals surface area (Å²) in [6.07, 6.45) is -2.03. The SMILES string of the molecule is Cc1nc2nc([C@@H]3CCCN(C(=O)c4ccccn4)C3)cc(C(F)(F)F)c2c(=O)[nH]1. The third-order valence-electron chi connectivity index (χ3n) is 5.13. The fraction of sp³-hybridized carbons (Fsp3) is 0.350. The van der Waals surface area contributed by atoms with Crippen molar-refractivity contribution < 1.29 is 18.0 Å². The molecule has 1 aliphatic heterocycles. The monoisotopic (exact) mass is 417 g/mol. The minimum Gasteiger partial charge on any atom is -0.337 e. The van der Waals surface area contributed by atoms with Crippen LogP contribution >= 0.6 is 0 Å². The molecule has 156 valence electrons. The fourth-order valence-electron chi connectivity index (χ4n) is 3.76. The van der Waals surface area contributed by atoms with E-state index in [1.165, 1.54) is 13.1 Å². The van der Waals surface area contributed by atoms with Gasteiger partial charge in [0, 0.05) is 30.9 Å². The number of aromatic nitrogens is 4. The van der Waals surface area contributed by atoms with Gasteiger partial charge < -0.3 is 9.88 Å². The van der Waals surface area contributed by atoms with Crippen LogP contribution in [-0.2, 0) is 6.18 Å². The molecular weight excluding hydrogens is 399 g/mol. The van der Waals surface area contributed by atoms with Crippen molar-refractivity contribution in [3.8, 4) is 0 Å². The highest BCUT2D eigenvalue weighted by Gasteiger charge is 2.36. The van der Waals surface area contributed by atoms with Crippen molar-refractivity contribution in [1.29, 1.82) is 0 Å². The summed E-state index contributed by atoms with van der Waals surface area (Å²) in [5.74, 6) is -0.498. The lowest BCUT2D eigenvalue weighted by atomic mass is 9.92. The molecule has 0 saturated carbocycles. The van der Waals surface area contributed by atoms with Crippen LogP contribution in [0, 0.1) is 6.92 Å². The highest BCUT2D eigenvalue weighted by atomic mass is 19.4. The number of carbonyl (C=O) groups is 1. The van der Waals surface area contributed by atoms with Crippen molar-refractivity contribution in [1.82, 2.24) is 24.8 Å². The number of H-pyrrole nitrogens is 1. The molecule has 0 bridgehead atoms. The number of likely N-dealkylation sites (tertiary alicyclic amines) is 1. The number of aromatic amines is 1. The highest BCUT2D eigenvalue weighted by Crippen LogP contribution is 2.36. The number of nitrogens with zero attached hydrogens (tertiary/aromatic N) is 4. The molecule has 1 aliphatic rings. The first-order chi connectivity index (χ1) is 14.2. The molecule has 3 aromatic heterocycles. The maximum Gasteiger partial charge on any atom is 0.417 e. The van der Waals surface area contributed by atoms with E-state index < -0.39 is 28.6 Å². The number of alkyl halides is 3. The summed E-state index contributed by atoms with van der Waals surface area (Å²) in [6, 6.07) is 5.91. The largest absolute Gasteiger partial charge is 0.417 e. The van der Waals surface area contributed by atoms with Crippen LogP contribution in [0.3, 0.4) is 0 Å². The zero-order valence-corrected chi connectivity index (χ0v) is 16.0. The van der Waals surface area contributed by atoms with Gasteiger partial charge in [-0.2, -0.15) is 13.2 Å². The number of hydrogen-bond acceptors (Lipinski definition) is 5. The Morgan fingerprint density at radius 1 is 1.27 bits per heavy atom. The second-order valence-electron chi connectivity index (χ2n) is 7.25. The predicted octanol–water partition coefficient (Wildman–Crippen LogP) is 3.06. The van der Waals surface area contributed by atoms with Crippen molar-refractivity contribution >= 4 is 16.9 Å². The lowest BCUT2D eigenvalue weighted by molar-refractivity contribution is -0.136. The normalized spacial score (nSPS) is 17.3. The number of rotatable bonds is 2. The lowest BCUT2D eigenvalue weighted by Crippen LogP contribution is -2.39. The standard InChI is InChI=1S/C20H18F3N5O2/c1-11-25-17-16(18(29)26-11)13(20(21,22)23)9-15(27-17)12-5-4-8-28(10-12)19(30)14-6-2-3-7-24-14/h2-3,6-7,9,12H,4-5,8,10H2,1H3,(H,25,26,27,29)/t12-/m1/s1. The number of nitrogens with one attached hydrogen (secondary N) is 1. The van der Waals surface area contributed by atoms with Crippen LogP contribution < -0.4 is 5.56 Å². The summed E-state index contributed by atoms with van der Waals surface area (Å²) >= 11 is 0. The number of carbonyl (C=O) groups excluding carboxylic acids is 1. The molecule has 1 atom stereocenters. The van der Waals surface area contributed by atoms with Crippen LogP contribution in [-0.4, -0.2) is 43.8 Å². The van der Waals surface area contributed by atoms with Crippen molar-refractivity contribution in [2.45, 2.75) is 31.9 Å². The number of halogens is 3. The number of amides is 1. The summed E-state index contributed by atoms with van der Waals surface area (Å²) in [4.78, 5) is 41.1. The Bertz CT molecular complexity index is 1160. The van der Waals surface area contributed by atoms with Crippen LogP contribution in [0.25, 0.3) is 11.0 Å². The molecule has 0 aromatic carbocycles. The molecule has 3 aromatic rings. The van der Waals surface area contributed by atoms with Gasteiger partial charge in [-0.05, 0) is 38.0 Å². The number of hydrogen-bond donors (Lipinski definition) is 1. The molecule has 10 heteroatoms. The van der Waals surface area contributed by atoms with Crippen LogP contribution in [0.1, 0.15) is 46.3 Å². The molecule has 1 amide bonds. The minimum absolute atomic E-state index is 0.172. The summed E-state index contributed by atoms with van der Waals surface area (Å²) in [5, 5.41) is -0.575. The van der Waals surface area contributed by atoms with E-state index in [0.717, 1.165) is 6.07 Å². The molecule has 30 heavy (non-hydrogen) atoms. The second kappa shape index (κ2) is 7.51. The van der Waals surface area contributed by atoms with Crippen LogP contribution in [0.4, 0.5) is 13.2 Å². The Morgan fingerprint density at radius 2 is 2.07 bits per heavy atom. The molecule has 4 heterocycles. The van der Waals surface area contributed by atoms with Gasteiger partial charge in [-0.1, -0.05) is 6.07 Å². The van der Waals surface area contributed by atoms with Crippen molar-refractivity contribution in [3.63, 3.8) is 0 Å². The smallest absolute Gasteiger partial charge is 0.337 e. The second-order valence-corrected chi connectivity index (χ2v) is 7.25. The van der Waals surface area contributed by atoms with Gasteiger partial charge in [0.2, 0.25) is 0 Å². The third-order valence-corrected chi connectivity index (χ3v) is 5.13. The Morgan fingerprint density at radius 3 is 2.77 bits per heavy atom. The van der Waals surface area contributed by atoms with Crippen molar-refractivity contribution in [3.05, 3.63) is 63.6 Å². The Labute approximate surface area is 169 Å². The van der Waals surface area contributed by atoms with Gasteiger partial charge >= 0.3 is 6.18 Å². The Hall–Kier alpha value is -3.30. The van der Waals surface area contributed by atoms with E-state index in [4.69, 9.17) is 0 Å². The van der Waals surface area contributed by atoms with Gasteiger partial charge in [0.25, 0.3) is 11.5 Å². The zero-order valence-electron chi connectivity index (χ0n) is 16.0. The molecule has 7 nitrogen and oxygen atoms in total. The average molecular weight is 417 g/mol. The molecular formula is C20H18F3N5O2. The summed E-state index contributed by atoms with van der Waals surface area (Å²) in [7, 11) is 0. The van der Waals surface area contributed by atoms with E-state index in [0.29, 0.717) is 19.4 Å². The number of piperidine rings is 1. The first-order valence-corrected chi connectivity index (χ1v) is 9.43. The van der Waals surface area contributed by atoms with Gasteiger partial charge in [0.15, 0.2) is 5.65 Å². The van der Waals surface area contributed by atoms with E-state index in [2.05, 4.69) is 19.9 Å². The lowest BCUT2D eigenvalue weighted by Gasteiger charge is -2.32. The van der Waals surface area contributed by atoms with Crippen molar-refractivity contribution in [2.24, 2.45) is 0 Å². The molecule has 0 spiro atoms. The molecule has 0 unspecified atom stereocenters. The van der Waals surface area contributed by atoms with Crippen LogP contribution in [0.15, 0.2) is 35.3 Å². The predicted molar refractivity (Wildman–Crippen MR) is 102 cm³/mol. The van der Waals surface area contributed by atoms with Gasteiger partial charge in [0.1, 0.15) is 11.5 Å². The fourth-order valence-corrected chi connectivity index (χ4v) is 3.76. The Kier molecular flexibility index (Phi) is 5.00. The van der Waals surface area contributed by atoms with Crippen LogP contribution in [0.5, 0.6) is 0 Å². The molecule has 0 radical (unpaired) electrons. The van der Waals surface area contributed by atoms with Gasteiger partial charge in [-0.15, -0.1) is 0 Å². The van der Waals surface area contributed by atoms with E-state index in [1.54, 1.807) is 23.1 Å². The first kappa shape index (κ1) is 20.0. The molecule has 1 saturated heterocycles. The summed E-state index contributed by atoms with van der Waals surface area (Å²) in [6.45, 7) is 2.19. The number of fused-ring (bicyclic) bond motifs is 1. The Balaban J connectivity index is 1.74. The first-order valence-electron chi connectivity index (χ1n) is 9.43. The van der Waals surface area contributed by atoms with Gasteiger partial charge in [0.05, 0.1) is 10.9 Å². The molecule has 0 aliphatic carbocycles. The molecule has 4 rings (SSSR count). The maximum atomic E-state index is 13.7.